The van der Waals surface area contributed by atoms with Gasteiger partial charge in [-0.05, 0) is 48.7 Å². The Kier molecular flexibility index (Phi) is 12.3. The van der Waals surface area contributed by atoms with Crippen molar-refractivity contribution in [3.63, 3.8) is 0 Å². The maximum atomic E-state index is 13.5. The van der Waals surface area contributed by atoms with Crippen LogP contribution in [0.2, 0.25) is 0 Å². The summed E-state index contributed by atoms with van der Waals surface area (Å²) in [6.45, 7) is 2.23. The second-order valence-electron chi connectivity index (χ2n) is 9.85. The molecule has 0 saturated heterocycles. The fourth-order valence-corrected chi connectivity index (χ4v) is 5.02. The highest BCUT2D eigenvalue weighted by molar-refractivity contribution is 5.94. The zero-order chi connectivity index (χ0) is 28.9. The lowest BCUT2D eigenvalue weighted by Crippen LogP contribution is -2.13. The van der Waals surface area contributed by atoms with Crippen molar-refractivity contribution in [2.24, 2.45) is 0 Å². The number of hydrogen-bond donors (Lipinski definition) is 0. The average molecular weight is 553 g/mol. The van der Waals surface area contributed by atoms with Gasteiger partial charge in [0, 0.05) is 10.8 Å². The molecule has 0 spiro atoms. The van der Waals surface area contributed by atoms with Crippen molar-refractivity contribution in [1.82, 2.24) is 0 Å². The van der Waals surface area contributed by atoms with Crippen molar-refractivity contribution in [3.05, 3.63) is 53.6 Å². The molecule has 0 amide bonds. The molecule has 1 atom stereocenters. The molecule has 1 unspecified atom stereocenters. The Balaban J connectivity index is 1.87. The number of ether oxygens (including phenoxy) is 6. The molecular weight excluding hydrogens is 508 g/mol. The number of fused-ring (bicyclic) bond motifs is 1. The fraction of sp³-hybridized carbons (Fsp3) is 0.485. The number of esters is 1. The first kappa shape index (κ1) is 30.9. The van der Waals surface area contributed by atoms with E-state index in [0.29, 0.717) is 29.2 Å². The lowest BCUT2D eigenvalue weighted by atomic mass is 9.98. The van der Waals surface area contributed by atoms with E-state index in [1.807, 2.05) is 30.3 Å². The van der Waals surface area contributed by atoms with Crippen LogP contribution in [0.4, 0.5) is 0 Å². The number of unbranched alkanes of at least 4 members (excludes halogenated alkanes) is 7. The van der Waals surface area contributed by atoms with E-state index in [0.717, 1.165) is 40.7 Å². The maximum Gasteiger partial charge on any atom is 0.339 e. The van der Waals surface area contributed by atoms with Crippen molar-refractivity contribution in [2.45, 2.75) is 70.8 Å². The molecule has 0 radical (unpaired) electrons. The molecule has 0 aliphatic rings. The zero-order valence-electron chi connectivity index (χ0n) is 24.8. The van der Waals surface area contributed by atoms with Gasteiger partial charge < -0.3 is 28.4 Å². The predicted octanol–water partition coefficient (Wildman–Crippen LogP) is 8.31. The second kappa shape index (κ2) is 15.8. The van der Waals surface area contributed by atoms with Crippen LogP contribution in [0.15, 0.2) is 42.5 Å². The van der Waals surface area contributed by atoms with Crippen molar-refractivity contribution in [3.8, 4) is 28.7 Å². The quantitative estimate of drug-likeness (QED) is 0.123. The summed E-state index contributed by atoms with van der Waals surface area (Å²) in [5, 5.41) is 1.84. The maximum absolute atomic E-state index is 13.5. The molecular formula is C33H44O7. The summed E-state index contributed by atoms with van der Waals surface area (Å²) >= 11 is 0. The van der Waals surface area contributed by atoms with Gasteiger partial charge in [-0.1, -0.05) is 64.0 Å². The van der Waals surface area contributed by atoms with Gasteiger partial charge in [-0.3, -0.25) is 0 Å². The Morgan fingerprint density at radius 3 is 1.73 bits per heavy atom. The molecule has 3 rings (SSSR count). The standard InChI is InChI=1S/C33H44O7/c1-7-8-9-10-11-12-13-14-15-27(23-16-17-25-26(20-23)29(36-3)19-18-28(25)35-2)40-33(34)24-21-30(37-4)32(39-6)31(22-24)38-5/h16-22,27H,7-15H2,1-6H3. The highest BCUT2D eigenvalue weighted by Crippen LogP contribution is 2.40. The van der Waals surface area contributed by atoms with Gasteiger partial charge in [0.2, 0.25) is 5.75 Å². The largest absolute Gasteiger partial charge is 0.496 e. The summed E-state index contributed by atoms with van der Waals surface area (Å²) in [4.78, 5) is 13.5. The fourth-order valence-electron chi connectivity index (χ4n) is 5.02. The molecule has 7 heteroatoms. The molecule has 40 heavy (non-hydrogen) atoms. The van der Waals surface area contributed by atoms with Crippen LogP contribution in [0.1, 0.15) is 86.7 Å². The van der Waals surface area contributed by atoms with Crippen molar-refractivity contribution in [1.29, 1.82) is 0 Å². The Bertz CT molecular complexity index is 1210. The Labute approximate surface area is 238 Å². The van der Waals surface area contributed by atoms with E-state index in [9.17, 15) is 4.79 Å². The summed E-state index contributed by atoms with van der Waals surface area (Å²) < 4.78 is 33.7. The van der Waals surface area contributed by atoms with E-state index in [4.69, 9.17) is 28.4 Å². The van der Waals surface area contributed by atoms with E-state index in [-0.39, 0.29) is 0 Å². The Hall–Kier alpha value is -3.61. The van der Waals surface area contributed by atoms with E-state index >= 15 is 0 Å². The number of benzene rings is 3. The van der Waals surface area contributed by atoms with Gasteiger partial charge in [0.05, 0.1) is 41.1 Å². The van der Waals surface area contributed by atoms with Gasteiger partial charge in [-0.2, -0.15) is 0 Å². The van der Waals surface area contributed by atoms with Crippen LogP contribution in [0, 0.1) is 0 Å². The van der Waals surface area contributed by atoms with Crippen LogP contribution in [-0.4, -0.2) is 41.5 Å². The monoisotopic (exact) mass is 552 g/mol. The molecule has 7 nitrogen and oxygen atoms in total. The van der Waals surface area contributed by atoms with Gasteiger partial charge in [0.1, 0.15) is 17.6 Å². The van der Waals surface area contributed by atoms with E-state index < -0.39 is 12.1 Å². The van der Waals surface area contributed by atoms with Gasteiger partial charge in [-0.15, -0.1) is 0 Å². The third kappa shape index (κ3) is 7.74. The van der Waals surface area contributed by atoms with Crippen molar-refractivity contribution >= 4 is 16.7 Å². The van der Waals surface area contributed by atoms with Crippen LogP contribution in [0.5, 0.6) is 28.7 Å². The summed E-state index contributed by atoms with van der Waals surface area (Å²) in [7, 11) is 7.87. The van der Waals surface area contributed by atoms with E-state index in [1.165, 1.54) is 59.9 Å². The molecule has 0 aromatic heterocycles. The van der Waals surface area contributed by atoms with Crippen LogP contribution >= 0.6 is 0 Å². The molecule has 0 fully saturated rings. The number of carbonyl (C=O) groups excluding carboxylic acids is 1. The lowest BCUT2D eigenvalue weighted by molar-refractivity contribution is 0.0270. The molecule has 0 heterocycles. The topological polar surface area (TPSA) is 72.5 Å². The Morgan fingerprint density at radius 2 is 1.18 bits per heavy atom. The first-order valence-electron chi connectivity index (χ1n) is 14.2. The minimum absolute atomic E-state index is 0.329. The molecule has 0 saturated carbocycles. The molecule has 0 aliphatic heterocycles. The normalized spacial score (nSPS) is 11.7. The third-order valence-corrected chi connectivity index (χ3v) is 7.24. The molecule has 218 valence electrons. The number of methoxy groups -OCH3 is 5. The van der Waals surface area contributed by atoms with Crippen molar-refractivity contribution in [2.75, 3.05) is 35.5 Å². The van der Waals surface area contributed by atoms with Gasteiger partial charge in [0.25, 0.3) is 0 Å². The van der Waals surface area contributed by atoms with Crippen LogP contribution in [0.3, 0.4) is 0 Å². The van der Waals surface area contributed by atoms with Crippen molar-refractivity contribution < 1.29 is 33.2 Å². The molecule has 0 bridgehead atoms. The average Bonchev–Trinajstić information content (AvgIpc) is 2.99. The number of hydrogen-bond acceptors (Lipinski definition) is 7. The van der Waals surface area contributed by atoms with E-state index in [2.05, 4.69) is 6.92 Å². The first-order chi connectivity index (χ1) is 19.5. The van der Waals surface area contributed by atoms with Crippen LogP contribution in [-0.2, 0) is 4.74 Å². The number of rotatable bonds is 17. The van der Waals surface area contributed by atoms with Gasteiger partial charge in [0.15, 0.2) is 11.5 Å². The summed E-state index contributed by atoms with van der Waals surface area (Å²) in [6, 6.07) is 13.1. The molecule has 3 aromatic carbocycles. The zero-order valence-corrected chi connectivity index (χ0v) is 24.8. The van der Waals surface area contributed by atoms with Gasteiger partial charge >= 0.3 is 5.97 Å². The SMILES string of the molecule is CCCCCCCCCCC(OC(=O)c1cc(OC)c(OC)c(OC)c1)c1ccc2c(OC)ccc(OC)c2c1. The molecule has 3 aromatic rings. The van der Waals surface area contributed by atoms with E-state index in [1.54, 1.807) is 26.4 Å². The Morgan fingerprint density at radius 1 is 0.625 bits per heavy atom. The first-order valence-corrected chi connectivity index (χ1v) is 14.2. The summed E-state index contributed by atoms with van der Waals surface area (Å²) in [5.41, 5.74) is 1.23. The predicted molar refractivity (Wildman–Crippen MR) is 159 cm³/mol. The smallest absolute Gasteiger partial charge is 0.339 e. The number of carbonyl (C=O) groups is 1. The third-order valence-electron chi connectivity index (χ3n) is 7.24. The van der Waals surface area contributed by atoms with Gasteiger partial charge in [-0.25, -0.2) is 4.79 Å². The van der Waals surface area contributed by atoms with Crippen LogP contribution < -0.4 is 23.7 Å². The summed E-state index contributed by atoms with van der Waals surface area (Å²) in [5.74, 6) is 2.26. The molecule has 0 aliphatic carbocycles. The lowest BCUT2D eigenvalue weighted by Gasteiger charge is -2.21. The molecule has 0 N–H and O–H groups in total. The van der Waals surface area contributed by atoms with Crippen LogP contribution in [0.25, 0.3) is 10.8 Å². The summed E-state index contributed by atoms with van der Waals surface area (Å²) in [6.07, 6.45) is 9.87. The highest BCUT2D eigenvalue weighted by atomic mass is 16.5. The second-order valence-corrected chi connectivity index (χ2v) is 9.85. The minimum Gasteiger partial charge on any atom is -0.496 e. The highest BCUT2D eigenvalue weighted by Gasteiger charge is 2.23. The minimum atomic E-state index is -0.457.